The van der Waals surface area contributed by atoms with Gasteiger partial charge in [-0.05, 0) is 44.2 Å². The molecule has 26 heavy (non-hydrogen) atoms. The molecule has 1 N–H and O–H groups in total. The van der Waals surface area contributed by atoms with Crippen LogP contribution in [0.15, 0.2) is 36.5 Å². The van der Waals surface area contributed by atoms with Crippen molar-refractivity contribution in [3.05, 3.63) is 47.8 Å². The number of nitrogens with zero attached hydrogens (tertiary/aromatic N) is 3. The van der Waals surface area contributed by atoms with Gasteiger partial charge in [-0.15, -0.1) is 12.4 Å². The van der Waals surface area contributed by atoms with Crippen LogP contribution in [0.3, 0.4) is 0 Å². The fourth-order valence-electron chi connectivity index (χ4n) is 2.95. The molecule has 0 spiro atoms. The second kappa shape index (κ2) is 8.09. The molecule has 1 aliphatic rings. The third kappa shape index (κ3) is 4.37. The van der Waals surface area contributed by atoms with Gasteiger partial charge in [0.05, 0.1) is 5.69 Å². The molecule has 0 atom stereocenters. The third-order valence-corrected chi connectivity index (χ3v) is 4.43. The van der Waals surface area contributed by atoms with Gasteiger partial charge in [0, 0.05) is 30.9 Å². The van der Waals surface area contributed by atoms with Crippen molar-refractivity contribution in [2.45, 2.75) is 25.1 Å². The van der Waals surface area contributed by atoms with E-state index in [2.05, 4.69) is 10.4 Å². The summed E-state index contributed by atoms with van der Waals surface area (Å²) in [4.78, 5) is 14.4. The maximum Gasteiger partial charge on any atom is 0.435 e. The summed E-state index contributed by atoms with van der Waals surface area (Å²) in [6.07, 6.45) is -1.48. The van der Waals surface area contributed by atoms with Crippen LogP contribution in [0.1, 0.15) is 28.9 Å². The largest absolute Gasteiger partial charge is 0.435 e. The predicted molar refractivity (Wildman–Crippen MR) is 93.8 cm³/mol. The average Bonchev–Trinajstić information content (AvgIpc) is 3.12. The number of piperidine rings is 1. The van der Waals surface area contributed by atoms with Crippen molar-refractivity contribution >= 4 is 18.3 Å². The van der Waals surface area contributed by atoms with Gasteiger partial charge in [-0.2, -0.15) is 18.3 Å². The minimum absolute atomic E-state index is 0. The summed E-state index contributed by atoms with van der Waals surface area (Å²) in [7, 11) is 1.91. The van der Waals surface area contributed by atoms with Crippen LogP contribution in [0.5, 0.6) is 0 Å². The zero-order valence-corrected chi connectivity index (χ0v) is 15.0. The highest BCUT2D eigenvalue weighted by Crippen LogP contribution is 2.28. The van der Waals surface area contributed by atoms with Crippen LogP contribution in [-0.4, -0.2) is 46.8 Å². The number of carbonyl (C=O) groups excluding carboxylic acids is 1. The minimum atomic E-state index is -4.49. The Morgan fingerprint density at radius 3 is 2.50 bits per heavy atom. The molecule has 1 aromatic carbocycles. The van der Waals surface area contributed by atoms with Crippen molar-refractivity contribution in [3.8, 4) is 5.69 Å². The van der Waals surface area contributed by atoms with Crippen molar-refractivity contribution in [1.29, 1.82) is 0 Å². The molecule has 2 aromatic rings. The molecule has 0 aliphatic carbocycles. The van der Waals surface area contributed by atoms with Gasteiger partial charge < -0.3 is 10.2 Å². The highest BCUT2D eigenvalue weighted by atomic mass is 35.5. The number of amides is 1. The summed E-state index contributed by atoms with van der Waals surface area (Å²) in [5.74, 6) is -0.111. The SMILES string of the molecule is CNC1CCN(C(=O)c2cccc(-n3ccc(C(F)(F)F)n3)c2)CC1.Cl. The summed E-state index contributed by atoms with van der Waals surface area (Å²) in [6, 6.07) is 7.84. The van der Waals surface area contributed by atoms with E-state index in [1.54, 1.807) is 29.2 Å². The number of benzene rings is 1. The van der Waals surface area contributed by atoms with Gasteiger partial charge in [0.2, 0.25) is 0 Å². The van der Waals surface area contributed by atoms with Gasteiger partial charge in [-0.25, -0.2) is 4.68 Å². The van der Waals surface area contributed by atoms with Crippen molar-refractivity contribution in [1.82, 2.24) is 20.0 Å². The molecule has 142 valence electrons. The predicted octanol–water partition coefficient (Wildman–Crippen LogP) is 3.14. The molecule has 1 amide bonds. The molecule has 0 bridgehead atoms. The van der Waals surface area contributed by atoms with Gasteiger partial charge in [-0.3, -0.25) is 4.79 Å². The fourth-order valence-corrected chi connectivity index (χ4v) is 2.95. The first-order valence-electron chi connectivity index (χ1n) is 8.08. The molecule has 2 heterocycles. The Kier molecular flexibility index (Phi) is 6.30. The summed E-state index contributed by atoms with van der Waals surface area (Å²) < 4.78 is 39.2. The molecular weight excluding hydrogens is 369 g/mol. The van der Waals surface area contributed by atoms with Gasteiger partial charge in [-0.1, -0.05) is 6.07 Å². The van der Waals surface area contributed by atoms with Gasteiger partial charge in [0.15, 0.2) is 5.69 Å². The number of rotatable bonds is 3. The number of likely N-dealkylation sites (tertiary alicyclic amines) is 1. The number of alkyl halides is 3. The molecule has 9 heteroatoms. The van der Waals surface area contributed by atoms with Crippen LogP contribution in [0.2, 0.25) is 0 Å². The maximum atomic E-state index is 12.7. The molecule has 1 fully saturated rings. The van der Waals surface area contributed by atoms with Crippen molar-refractivity contribution < 1.29 is 18.0 Å². The smallest absolute Gasteiger partial charge is 0.339 e. The quantitative estimate of drug-likeness (QED) is 0.878. The van der Waals surface area contributed by atoms with Crippen LogP contribution in [-0.2, 0) is 6.18 Å². The molecule has 1 aliphatic heterocycles. The maximum absolute atomic E-state index is 12.7. The molecular formula is C17H20ClF3N4O. The number of hydrogen-bond donors (Lipinski definition) is 1. The highest BCUT2D eigenvalue weighted by Gasteiger charge is 2.33. The number of nitrogens with one attached hydrogen (secondary N) is 1. The highest BCUT2D eigenvalue weighted by molar-refractivity contribution is 5.94. The van der Waals surface area contributed by atoms with Gasteiger partial charge in [0.1, 0.15) is 0 Å². The van der Waals surface area contributed by atoms with Crippen molar-refractivity contribution in [2.75, 3.05) is 20.1 Å². The molecule has 0 saturated carbocycles. The Hall–Kier alpha value is -2.06. The Balaban J connectivity index is 0.00000243. The van der Waals surface area contributed by atoms with Gasteiger partial charge >= 0.3 is 6.18 Å². The van der Waals surface area contributed by atoms with E-state index < -0.39 is 11.9 Å². The molecule has 3 rings (SSSR count). The molecule has 1 aromatic heterocycles. The lowest BCUT2D eigenvalue weighted by molar-refractivity contribution is -0.141. The van der Waals surface area contributed by atoms with Crippen molar-refractivity contribution in [3.63, 3.8) is 0 Å². The minimum Gasteiger partial charge on any atom is -0.339 e. The summed E-state index contributed by atoms with van der Waals surface area (Å²) in [6.45, 7) is 1.32. The zero-order chi connectivity index (χ0) is 18.0. The topological polar surface area (TPSA) is 50.2 Å². The summed E-state index contributed by atoms with van der Waals surface area (Å²) >= 11 is 0. The van der Waals surface area contributed by atoms with Crippen LogP contribution in [0.25, 0.3) is 5.69 Å². The molecule has 0 radical (unpaired) electrons. The van der Waals surface area contributed by atoms with E-state index in [-0.39, 0.29) is 18.3 Å². The summed E-state index contributed by atoms with van der Waals surface area (Å²) in [5, 5.41) is 6.75. The van der Waals surface area contributed by atoms with E-state index in [1.165, 1.54) is 6.20 Å². The van der Waals surface area contributed by atoms with Crippen LogP contribution in [0, 0.1) is 0 Å². The molecule has 1 saturated heterocycles. The monoisotopic (exact) mass is 388 g/mol. The first kappa shape index (κ1) is 20.3. The van der Waals surface area contributed by atoms with E-state index in [1.807, 2.05) is 7.05 Å². The van der Waals surface area contributed by atoms with E-state index in [0.29, 0.717) is 30.4 Å². The van der Waals surface area contributed by atoms with Crippen LogP contribution in [0.4, 0.5) is 13.2 Å². The third-order valence-electron chi connectivity index (χ3n) is 4.43. The van der Waals surface area contributed by atoms with E-state index in [0.717, 1.165) is 23.6 Å². The lowest BCUT2D eigenvalue weighted by atomic mass is 10.0. The van der Waals surface area contributed by atoms with E-state index in [9.17, 15) is 18.0 Å². The van der Waals surface area contributed by atoms with E-state index in [4.69, 9.17) is 0 Å². The lowest BCUT2D eigenvalue weighted by Gasteiger charge is -2.31. The standard InChI is InChI=1S/C17H19F3N4O.ClH/c1-21-13-5-8-23(9-6-13)16(25)12-3-2-4-14(11-12)24-10-7-15(22-24)17(18,19)20;/h2-4,7,10-11,13,21H,5-6,8-9H2,1H3;1H. The molecule has 5 nitrogen and oxygen atoms in total. The second-order valence-corrected chi connectivity index (χ2v) is 6.05. The number of aromatic nitrogens is 2. The Labute approximate surface area is 155 Å². The second-order valence-electron chi connectivity index (χ2n) is 6.05. The lowest BCUT2D eigenvalue weighted by Crippen LogP contribution is -2.43. The number of halogens is 4. The first-order chi connectivity index (χ1) is 11.9. The van der Waals surface area contributed by atoms with E-state index >= 15 is 0 Å². The fraction of sp³-hybridized carbons (Fsp3) is 0.412. The van der Waals surface area contributed by atoms with Gasteiger partial charge in [0.25, 0.3) is 5.91 Å². The van der Waals surface area contributed by atoms with Crippen molar-refractivity contribution in [2.24, 2.45) is 0 Å². The Morgan fingerprint density at radius 2 is 1.92 bits per heavy atom. The van der Waals surface area contributed by atoms with Crippen LogP contribution >= 0.6 is 12.4 Å². The summed E-state index contributed by atoms with van der Waals surface area (Å²) in [5.41, 5.74) is -0.0886. The normalized spacial score (nSPS) is 15.6. The number of hydrogen-bond acceptors (Lipinski definition) is 3. The van der Waals surface area contributed by atoms with Crippen LogP contribution < -0.4 is 5.32 Å². The number of carbonyl (C=O) groups is 1. The first-order valence-corrected chi connectivity index (χ1v) is 8.08. The Bertz CT molecular complexity index is 754. The average molecular weight is 389 g/mol. The zero-order valence-electron chi connectivity index (χ0n) is 14.2. The molecule has 0 unspecified atom stereocenters. The Morgan fingerprint density at radius 1 is 1.23 bits per heavy atom.